The van der Waals surface area contributed by atoms with E-state index in [-0.39, 0.29) is 5.97 Å². The van der Waals surface area contributed by atoms with Crippen LogP contribution in [0.15, 0.2) is 23.4 Å². The fourth-order valence-corrected chi connectivity index (χ4v) is 3.86. The molecule has 1 saturated heterocycles. The maximum absolute atomic E-state index is 12.4. The average molecular weight is 486 g/mol. The normalized spacial score (nSPS) is 19.7. The quantitative estimate of drug-likeness (QED) is 0.263. The van der Waals surface area contributed by atoms with Gasteiger partial charge in [-0.25, -0.2) is 4.79 Å². The average Bonchev–Trinajstić information content (AvgIpc) is 2.76. The van der Waals surface area contributed by atoms with Crippen molar-refractivity contribution in [2.45, 2.75) is 90.1 Å². The Kier molecular flexibility index (Phi) is 12.5. The van der Waals surface area contributed by atoms with Gasteiger partial charge in [0.1, 0.15) is 5.75 Å². The Bertz CT molecular complexity index is 769. The number of carbonyl (C=O) groups excluding carboxylic acids is 2. The van der Waals surface area contributed by atoms with E-state index < -0.39 is 12.1 Å². The minimum Gasteiger partial charge on any atom is -0.477 e. The molecule has 2 rings (SSSR count). The number of hydrogen-bond acceptors (Lipinski definition) is 6. The van der Waals surface area contributed by atoms with Gasteiger partial charge in [0, 0.05) is 11.4 Å². The molecule has 0 radical (unpaired) electrons. The molecule has 1 atom stereocenters. The summed E-state index contributed by atoms with van der Waals surface area (Å²) in [5, 5.41) is 4.89. The fraction of sp³-hybridized carbons (Fsp3) is 0.625. The molecule has 0 spiro atoms. The van der Waals surface area contributed by atoms with Gasteiger partial charge in [-0.3, -0.25) is 4.79 Å². The molecule has 1 fully saturated rings. The van der Waals surface area contributed by atoms with Crippen molar-refractivity contribution < 1.29 is 23.9 Å². The molecule has 1 heterocycles. The van der Waals surface area contributed by atoms with Gasteiger partial charge >= 0.3 is 11.9 Å². The maximum atomic E-state index is 12.4. The molecule has 1 aromatic rings. The van der Waals surface area contributed by atoms with E-state index in [0.29, 0.717) is 41.7 Å². The molecule has 32 heavy (non-hydrogen) atoms. The highest BCUT2D eigenvalue weighted by atomic mass is 35.5. The molecule has 1 aromatic carbocycles. The van der Waals surface area contributed by atoms with E-state index in [1.54, 1.807) is 25.1 Å². The molecule has 0 N–H and O–H groups in total. The minimum atomic E-state index is -0.884. The van der Waals surface area contributed by atoms with Crippen LogP contribution in [0, 0.1) is 0 Å². The topological polar surface area (TPSA) is 74.2 Å². The van der Waals surface area contributed by atoms with Gasteiger partial charge < -0.3 is 14.3 Å². The molecule has 6 nitrogen and oxygen atoms in total. The predicted octanol–water partition coefficient (Wildman–Crippen LogP) is 6.90. The summed E-state index contributed by atoms with van der Waals surface area (Å²) < 4.78 is 10.9. The molecule has 0 amide bonds. The van der Waals surface area contributed by atoms with Gasteiger partial charge in [0.05, 0.1) is 17.3 Å². The van der Waals surface area contributed by atoms with Gasteiger partial charge in [-0.15, -0.1) is 0 Å². The molecule has 0 saturated carbocycles. The number of carbonyl (C=O) groups is 2. The van der Waals surface area contributed by atoms with E-state index in [4.69, 9.17) is 37.5 Å². The van der Waals surface area contributed by atoms with Gasteiger partial charge in [0.25, 0.3) is 0 Å². The van der Waals surface area contributed by atoms with Crippen LogP contribution in [-0.2, 0) is 19.2 Å². The predicted molar refractivity (Wildman–Crippen MR) is 126 cm³/mol. The third-order valence-electron chi connectivity index (χ3n) is 5.26. The number of cyclic esters (lactones) is 1. The highest BCUT2D eigenvalue weighted by Gasteiger charge is 2.19. The van der Waals surface area contributed by atoms with Crippen LogP contribution in [0.2, 0.25) is 10.0 Å². The third-order valence-corrected chi connectivity index (χ3v) is 5.79. The summed E-state index contributed by atoms with van der Waals surface area (Å²) in [4.78, 5) is 29.3. The number of ether oxygens (including phenoxy) is 2. The third kappa shape index (κ3) is 10.7. The Labute approximate surface area is 200 Å². The van der Waals surface area contributed by atoms with E-state index in [1.807, 2.05) is 0 Å². The first-order chi connectivity index (χ1) is 15.5. The van der Waals surface area contributed by atoms with E-state index in [2.05, 4.69) is 5.16 Å². The number of nitrogens with zero attached hydrogens (tertiary/aromatic N) is 1. The SMILES string of the molecule is CC(Oc1ccc(Cl)cc1Cl)C(=O)O/N=C1/CCCCCCCCCCC(=O)OCCC1. The zero-order chi connectivity index (χ0) is 23.2. The van der Waals surface area contributed by atoms with Gasteiger partial charge in [-0.2, -0.15) is 0 Å². The van der Waals surface area contributed by atoms with Crippen LogP contribution in [0.1, 0.15) is 84.0 Å². The largest absolute Gasteiger partial charge is 0.477 e. The second-order valence-electron chi connectivity index (χ2n) is 8.06. The summed E-state index contributed by atoms with van der Waals surface area (Å²) in [7, 11) is 0. The summed E-state index contributed by atoms with van der Waals surface area (Å²) in [5.41, 5.74) is 0.790. The van der Waals surface area contributed by atoms with Crippen molar-refractivity contribution in [2.24, 2.45) is 5.16 Å². The van der Waals surface area contributed by atoms with Gasteiger partial charge in [-0.05, 0) is 57.2 Å². The van der Waals surface area contributed by atoms with Crippen molar-refractivity contribution in [3.8, 4) is 5.75 Å². The molecular weight excluding hydrogens is 453 g/mol. The van der Waals surface area contributed by atoms with Crippen molar-refractivity contribution in [2.75, 3.05) is 6.61 Å². The Hall–Kier alpha value is -1.79. The lowest BCUT2D eigenvalue weighted by Gasteiger charge is -2.14. The zero-order valence-corrected chi connectivity index (χ0v) is 20.3. The van der Waals surface area contributed by atoms with Crippen LogP contribution in [0.25, 0.3) is 0 Å². The van der Waals surface area contributed by atoms with Crippen LogP contribution in [0.3, 0.4) is 0 Å². The lowest BCUT2D eigenvalue weighted by Crippen LogP contribution is -2.25. The number of benzene rings is 1. The highest BCUT2D eigenvalue weighted by molar-refractivity contribution is 6.35. The number of oxime groups is 1. The molecule has 1 unspecified atom stereocenters. The van der Waals surface area contributed by atoms with Crippen LogP contribution in [0.5, 0.6) is 5.75 Å². The summed E-state index contributed by atoms with van der Waals surface area (Å²) >= 11 is 12.0. The van der Waals surface area contributed by atoms with Crippen LogP contribution in [0.4, 0.5) is 0 Å². The van der Waals surface area contributed by atoms with Crippen molar-refractivity contribution in [3.05, 3.63) is 28.2 Å². The Morgan fingerprint density at radius 1 is 0.969 bits per heavy atom. The second kappa shape index (κ2) is 15.1. The summed E-state index contributed by atoms with van der Waals surface area (Å²) in [6.07, 6.45) is 10.4. The first-order valence-corrected chi connectivity index (χ1v) is 12.2. The summed E-state index contributed by atoms with van der Waals surface area (Å²) in [6.45, 7) is 1.92. The maximum Gasteiger partial charge on any atom is 0.374 e. The summed E-state index contributed by atoms with van der Waals surface area (Å²) in [5.74, 6) is -0.407. The second-order valence-corrected chi connectivity index (χ2v) is 8.90. The monoisotopic (exact) mass is 485 g/mol. The van der Waals surface area contributed by atoms with Crippen molar-refractivity contribution in [1.82, 2.24) is 0 Å². The zero-order valence-electron chi connectivity index (χ0n) is 18.7. The van der Waals surface area contributed by atoms with E-state index >= 15 is 0 Å². The lowest BCUT2D eigenvalue weighted by atomic mass is 10.0. The van der Waals surface area contributed by atoms with Crippen molar-refractivity contribution in [1.29, 1.82) is 0 Å². The lowest BCUT2D eigenvalue weighted by molar-refractivity contribution is -0.151. The number of esters is 1. The Morgan fingerprint density at radius 3 is 2.28 bits per heavy atom. The fourth-order valence-electron chi connectivity index (χ4n) is 3.40. The molecule has 0 bridgehead atoms. The van der Waals surface area contributed by atoms with Gasteiger partial charge in [0.15, 0.2) is 6.10 Å². The molecule has 0 aromatic heterocycles. The molecule has 0 aliphatic carbocycles. The van der Waals surface area contributed by atoms with Crippen LogP contribution < -0.4 is 4.74 Å². The van der Waals surface area contributed by atoms with E-state index in [1.165, 1.54) is 19.3 Å². The Morgan fingerprint density at radius 2 is 1.59 bits per heavy atom. The molecule has 1 aliphatic heterocycles. The van der Waals surface area contributed by atoms with E-state index in [9.17, 15) is 9.59 Å². The first-order valence-electron chi connectivity index (χ1n) is 11.5. The molecule has 8 heteroatoms. The van der Waals surface area contributed by atoms with Crippen molar-refractivity contribution >= 4 is 40.9 Å². The van der Waals surface area contributed by atoms with Crippen molar-refractivity contribution in [3.63, 3.8) is 0 Å². The molecular formula is C24H33Cl2NO5. The van der Waals surface area contributed by atoms with Crippen LogP contribution in [-0.4, -0.2) is 30.4 Å². The first kappa shape index (κ1) is 26.5. The number of hydrogen-bond donors (Lipinski definition) is 0. The van der Waals surface area contributed by atoms with Crippen LogP contribution >= 0.6 is 23.2 Å². The summed E-state index contributed by atoms with van der Waals surface area (Å²) in [6, 6.07) is 4.78. The Balaban J connectivity index is 1.88. The van der Waals surface area contributed by atoms with Gasteiger partial charge in [0.2, 0.25) is 0 Å². The molecule has 1 aliphatic rings. The number of rotatable bonds is 4. The standard InChI is InChI=1S/C24H33Cl2NO5/c1-18(31-22-15-14-19(25)17-21(22)26)24(29)32-27-20-11-8-6-4-2-3-5-7-9-13-23(28)30-16-10-12-20/h14-15,17-18H,2-13,16H2,1H3/b27-20-. The highest BCUT2D eigenvalue weighted by Crippen LogP contribution is 2.28. The number of halogens is 2. The molecule has 178 valence electrons. The van der Waals surface area contributed by atoms with Gasteiger partial charge in [-0.1, -0.05) is 66.9 Å². The van der Waals surface area contributed by atoms with E-state index in [0.717, 1.165) is 44.2 Å². The smallest absolute Gasteiger partial charge is 0.374 e. The minimum absolute atomic E-state index is 0.145.